The van der Waals surface area contributed by atoms with Crippen molar-refractivity contribution in [2.24, 2.45) is 5.84 Å². The predicted octanol–water partition coefficient (Wildman–Crippen LogP) is 0.936. The maximum absolute atomic E-state index is 11.5. The molecule has 9 nitrogen and oxygen atoms in total. The Balaban J connectivity index is 2.48. The van der Waals surface area contributed by atoms with E-state index in [0.717, 1.165) is 11.8 Å². The zero-order chi connectivity index (χ0) is 14.7. The third kappa shape index (κ3) is 2.51. The fraction of sp³-hybridized carbons (Fsp3) is 0.200. The minimum atomic E-state index is -0.529. The standard InChI is InChI=1S/C10H12N6O3S/c1-2-15-9(17)13-14-10(15)20-7-5-3-4-6(12-11)8(7)16(18)19/h3-5,12H,2,11H2,1H3,(H,13,17). The fourth-order valence-electron chi connectivity index (χ4n) is 1.67. The minimum absolute atomic E-state index is 0.155. The van der Waals surface area contributed by atoms with Crippen molar-refractivity contribution in [3.63, 3.8) is 0 Å². The van der Waals surface area contributed by atoms with Crippen LogP contribution in [0.4, 0.5) is 11.4 Å². The van der Waals surface area contributed by atoms with Crippen molar-refractivity contribution in [3.05, 3.63) is 38.8 Å². The van der Waals surface area contributed by atoms with Gasteiger partial charge in [0.15, 0.2) is 5.16 Å². The van der Waals surface area contributed by atoms with Gasteiger partial charge in [0.1, 0.15) is 5.69 Å². The van der Waals surface area contributed by atoms with Crippen LogP contribution in [0.3, 0.4) is 0 Å². The second kappa shape index (κ2) is 5.75. The van der Waals surface area contributed by atoms with Gasteiger partial charge in [-0.05, 0) is 30.8 Å². The summed E-state index contributed by atoms with van der Waals surface area (Å²) in [4.78, 5) is 22.4. The van der Waals surface area contributed by atoms with E-state index in [1.165, 1.54) is 10.6 Å². The Morgan fingerprint density at radius 3 is 2.95 bits per heavy atom. The number of anilines is 1. The molecule has 0 saturated heterocycles. The minimum Gasteiger partial charge on any atom is -0.318 e. The zero-order valence-electron chi connectivity index (χ0n) is 10.5. The molecule has 0 amide bonds. The molecule has 0 spiro atoms. The molecule has 1 heterocycles. The van der Waals surface area contributed by atoms with E-state index in [1.54, 1.807) is 19.1 Å². The highest BCUT2D eigenvalue weighted by Crippen LogP contribution is 2.37. The topological polar surface area (TPSA) is 132 Å². The molecule has 20 heavy (non-hydrogen) atoms. The van der Waals surface area contributed by atoms with E-state index in [0.29, 0.717) is 16.6 Å². The van der Waals surface area contributed by atoms with Gasteiger partial charge in [0, 0.05) is 6.54 Å². The van der Waals surface area contributed by atoms with E-state index < -0.39 is 4.92 Å². The van der Waals surface area contributed by atoms with Crippen molar-refractivity contribution in [1.29, 1.82) is 0 Å². The molecule has 0 bridgehead atoms. The summed E-state index contributed by atoms with van der Waals surface area (Å²) in [7, 11) is 0. The van der Waals surface area contributed by atoms with Gasteiger partial charge in [-0.2, -0.15) is 0 Å². The maximum atomic E-state index is 11.5. The van der Waals surface area contributed by atoms with Crippen LogP contribution in [-0.2, 0) is 6.54 Å². The van der Waals surface area contributed by atoms with Crippen molar-refractivity contribution in [1.82, 2.24) is 14.8 Å². The highest BCUT2D eigenvalue weighted by Gasteiger charge is 2.21. The molecule has 1 aromatic heterocycles. The highest BCUT2D eigenvalue weighted by molar-refractivity contribution is 7.99. The first-order valence-electron chi connectivity index (χ1n) is 5.65. The Bertz CT molecular complexity index is 695. The van der Waals surface area contributed by atoms with E-state index in [1.807, 2.05) is 0 Å². The van der Waals surface area contributed by atoms with Crippen LogP contribution in [0.15, 0.2) is 33.0 Å². The SMILES string of the molecule is CCn1c(Sc2cccc(NN)c2[N+](=O)[O-])n[nH]c1=O. The molecule has 0 unspecified atom stereocenters. The number of hydrogen-bond acceptors (Lipinski definition) is 7. The molecule has 4 N–H and O–H groups in total. The van der Waals surface area contributed by atoms with Crippen LogP contribution in [0.1, 0.15) is 6.92 Å². The number of para-hydroxylation sites is 1. The molecular weight excluding hydrogens is 284 g/mol. The van der Waals surface area contributed by atoms with Gasteiger partial charge >= 0.3 is 11.4 Å². The van der Waals surface area contributed by atoms with Crippen LogP contribution < -0.4 is 17.0 Å². The van der Waals surface area contributed by atoms with Crippen LogP contribution in [0.5, 0.6) is 0 Å². The molecule has 0 aliphatic carbocycles. The number of nitrogens with zero attached hydrogens (tertiary/aromatic N) is 3. The molecule has 2 aromatic rings. The van der Waals surface area contributed by atoms with Crippen molar-refractivity contribution >= 4 is 23.1 Å². The Morgan fingerprint density at radius 1 is 1.60 bits per heavy atom. The Hall–Kier alpha value is -2.33. The third-order valence-electron chi connectivity index (χ3n) is 2.58. The number of nitrogens with two attached hydrogens (primary N) is 1. The molecule has 106 valence electrons. The molecule has 2 rings (SSSR count). The third-order valence-corrected chi connectivity index (χ3v) is 3.62. The van der Waals surface area contributed by atoms with Gasteiger partial charge in [0.05, 0.1) is 9.82 Å². The van der Waals surface area contributed by atoms with Gasteiger partial charge in [-0.1, -0.05) is 6.07 Å². The second-order valence-corrected chi connectivity index (χ2v) is 4.72. The number of aromatic nitrogens is 3. The zero-order valence-corrected chi connectivity index (χ0v) is 11.3. The summed E-state index contributed by atoms with van der Waals surface area (Å²) in [5, 5.41) is 17.7. The number of nitrogen functional groups attached to an aromatic ring is 1. The first-order valence-corrected chi connectivity index (χ1v) is 6.47. The molecular formula is C10H12N6O3S. The number of hydrazine groups is 1. The van der Waals surface area contributed by atoms with E-state index >= 15 is 0 Å². The van der Waals surface area contributed by atoms with Gasteiger partial charge in [-0.15, -0.1) is 5.10 Å². The Morgan fingerprint density at radius 2 is 2.35 bits per heavy atom. The molecule has 0 radical (unpaired) electrons. The summed E-state index contributed by atoms with van der Waals surface area (Å²) < 4.78 is 1.39. The van der Waals surface area contributed by atoms with Gasteiger partial charge < -0.3 is 5.43 Å². The van der Waals surface area contributed by atoms with Crippen LogP contribution >= 0.6 is 11.8 Å². The van der Waals surface area contributed by atoms with Crippen LogP contribution in [-0.4, -0.2) is 19.7 Å². The number of rotatable bonds is 5. The second-order valence-electron chi connectivity index (χ2n) is 3.71. The Labute approximate surface area is 117 Å². The fourth-order valence-corrected chi connectivity index (χ4v) is 2.71. The van der Waals surface area contributed by atoms with Gasteiger partial charge in [0.25, 0.3) is 0 Å². The monoisotopic (exact) mass is 296 g/mol. The first kappa shape index (κ1) is 14.1. The van der Waals surface area contributed by atoms with E-state index in [4.69, 9.17) is 5.84 Å². The number of nitrogens with one attached hydrogen (secondary N) is 2. The van der Waals surface area contributed by atoms with Crippen LogP contribution in [0.25, 0.3) is 0 Å². The lowest BCUT2D eigenvalue weighted by Crippen LogP contribution is -2.16. The number of H-pyrrole nitrogens is 1. The average molecular weight is 296 g/mol. The lowest BCUT2D eigenvalue weighted by molar-refractivity contribution is -0.386. The van der Waals surface area contributed by atoms with E-state index in [2.05, 4.69) is 15.6 Å². The quantitative estimate of drug-likeness (QED) is 0.425. The lowest BCUT2D eigenvalue weighted by atomic mass is 10.3. The molecule has 0 fully saturated rings. The van der Waals surface area contributed by atoms with E-state index in [9.17, 15) is 14.9 Å². The summed E-state index contributed by atoms with van der Waals surface area (Å²) in [6, 6.07) is 4.70. The van der Waals surface area contributed by atoms with Crippen molar-refractivity contribution in [3.8, 4) is 0 Å². The molecule has 0 aliphatic heterocycles. The smallest absolute Gasteiger partial charge is 0.318 e. The summed E-state index contributed by atoms with van der Waals surface area (Å²) >= 11 is 1.03. The average Bonchev–Trinajstić information content (AvgIpc) is 2.78. The number of nitro benzene ring substituents is 1. The predicted molar refractivity (Wildman–Crippen MR) is 73.6 cm³/mol. The summed E-state index contributed by atoms with van der Waals surface area (Å²) in [5.41, 5.74) is 1.97. The maximum Gasteiger partial charge on any atom is 0.343 e. The summed E-state index contributed by atoms with van der Waals surface area (Å²) in [5.74, 6) is 5.27. The number of hydrogen-bond donors (Lipinski definition) is 3. The molecule has 1 aromatic carbocycles. The molecule has 0 aliphatic rings. The molecule has 0 saturated carbocycles. The number of nitro groups is 1. The highest BCUT2D eigenvalue weighted by atomic mass is 32.2. The van der Waals surface area contributed by atoms with E-state index in [-0.39, 0.29) is 17.1 Å². The van der Waals surface area contributed by atoms with Gasteiger partial charge in [-0.25, -0.2) is 9.89 Å². The Kier molecular flexibility index (Phi) is 4.05. The van der Waals surface area contributed by atoms with Crippen molar-refractivity contribution in [2.75, 3.05) is 5.43 Å². The summed E-state index contributed by atoms with van der Waals surface area (Å²) in [6.07, 6.45) is 0. The lowest BCUT2D eigenvalue weighted by Gasteiger charge is -2.06. The van der Waals surface area contributed by atoms with Crippen molar-refractivity contribution < 1.29 is 4.92 Å². The van der Waals surface area contributed by atoms with Gasteiger partial charge in [0.2, 0.25) is 0 Å². The largest absolute Gasteiger partial charge is 0.343 e. The molecule has 10 heteroatoms. The van der Waals surface area contributed by atoms with Gasteiger partial charge in [-0.3, -0.25) is 20.5 Å². The van der Waals surface area contributed by atoms with Crippen LogP contribution in [0, 0.1) is 10.1 Å². The first-order chi connectivity index (χ1) is 9.58. The summed E-state index contributed by atoms with van der Waals surface area (Å²) in [6.45, 7) is 2.20. The number of aromatic amines is 1. The number of benzene rings is 1. The van der Waals surface area contributed by atoms with Crippen LogP contribution in [0.2, 0.25) is 0 Å². The van der Waals surface area contributed by atoms with Crippen molar-refractivity contribution in [2.45, 2.75) is 23.5 Å². The normalized spacial score (nSPS) is 10.5. The molecule has 0 atom stereocenters.